The topological polar surface area (TPSA) is 63.9 Å². The van der Waals surface area contributed by atoms with Crippen LogP contribution < -0.4 is 0 Å². The van der Waals surface area contributed by atoms with E-state index in [2.05, 4.69) is 19.9 Å². The summed E-state index contributed by atoms with van der Waals surface area (Å²) in [5.74, 6) is 0.404. The van der Waals surface area contributed by atoms with E-state index in [1.165, 1.54) is 5.57 Å². The zero-order chi connectivity index (χ0) is 15.3. The van der Waals surface area contributed by atoms with Crippen molar-refractivity contribution in [2.75, 3.05) is 0 Å². The molecule has 0 radical (unpaired) electrons. The van der Waals surface area contributed by atoms with Crippen molar-refractivity contribution in [2.24, 2.45) is 5.92 Å². The second-order valence-electron chi connectivity index (χ2n) is 7.66. The number of hydrogen-bond donors (Lipinski definition) is 3. The lowest BCUT2D eigenvalue weighted by molar-refractivity contribution is -0.227. The van der Waals surface area contributed by atoms with Crippen molar-refractivity contribution in [3.05, 3.63) is 11.6 Å². The molecule has 0 aromatic carbocycles. The molecule has 0 atom stereocenters. The monoisotopic (exact) mass is 295 g/mol. The van der Waals surface area contributed by atoms with Gasteiger partial charge in [0.1, 0.15) is 0 Å². The van der Waals surface area contributed by atoms with Gasteiger partial charge in [0, 0.05) is 0 Å². The van der Waals surface area contributed by atoms with Crippen LogP contribution in [0.5, 0.6) is 0 Å². The predicted molar refractivity (Wildman–Crippen MR) is 81.0 cm³/mol. The van der Waals surface area contributed by atoms with Crippen LogP contribution >= 0.6 is 0 Å². The van der Waals surface area contributed by atoms with Crippen molar-refractivity contribution in [1.29, 1.82) is 0 Å². The third kappa shape index (κ3) is 2.37. The molecule has 0 saturated heterocycles. The molecule has 0 amide bonds. The average Bonchev–Trinajstić information content (AvgIpc) is 2.69. The molecular formula is C17H29NO3. The molecule has 120 valence electrons. The minimum atomic E-state index is -0.291. The third-order valence-electron chi connectivity index (χ3n) is 6.01. The summed E-state index contributed by atoms with van der Waals surface area (Å²) in [6.45, 7) is 4.40. The fraction of sp³-hybridized carbons (Fsp3) is 0.882. The Labute approximate surface area is 127 Å². The van der Waals surface area contributed by atoms with Crippen LogP contribution in [0.3, 0.4) is 0 Å². The van der Waals surface area contributed by atoms with Crippen LogP contribution in [0.4, 0.5) is 0 Å². The summed E-state index contributed by atoms with van der Waals surface area (Å²) in [4.78, 5) is 0. The summed E-state index contributed by atoms with van der Waals surface area (Å²) in [7, 11) is 0. The Bertz CT molecular complexity index is 416. The Hall–Kier alpha value is -0.420. The van der Waals surface area contributed by atoms with E-state index < -0.39 is 0 Å². The van der Waals surface area contributed by atoms with Crippen molar-refractivity contribution < 1.29 is 15.4 Å². The van der Waals surface area contributed by atoms with Gasteiger partial charge < -0.3 is 15.4 Å². The molecule has 4 heteroatoms. The fourth-order valence-electron chi connectivity index (χ4n) is 4.78. The smallest absolute Gasteiger partial charge is 0.0683 e. The molecule has 2 fully saturated rings. The van der Waals surface area contributed by atoms with Gasteiger partial charge in [-0.25, -0.2) is 0 Å². The van der Waals surface area contributed by atoms with Crippen molar-refractivity contribution in [3.63, 3.8) is 0 Å². The highest BCUT2D eigenvalue weighted by Gasteiger charge is 2.56. The Morgan fingerprint density at radius 3 is 1.95 bits per heavy atom. The standard InChI is InChI=1S/C17H29NO3/c1-12(2)15-11-16(7-3-13(19)4-8-16)18(21)17(15)9-5-14(20)6-10-17/h11-14,19-21H,3-10H2,1-2H3. The Balaban J connectivity index is 1.93. The van der Waals surface area contributed by atoms with Gasteiger partial charge >= 0.3 is 0 Å². The highest BCUT2D eigenvalue weighted by molar-refractivity contribution is 5.35. The molecule has 1 aliphatic heterocycles. The first-order chi connectivity index (χ1) is 9.90. The van der Waals surface area contributed by atoms with Gasteiger partial charge in [-0.05, 0) is 62.9 Å². The number of aliphatic hydroxyl groups is 2. The number of nitrogens with zero attached hydrogens (tertiary/aromatic N) is 1. The molecule has 4 nitrogen and oxygen atoms in total. The first-order valence-electron chi connectivity index (χ1n) is 8.48. The second kappa shape index (κ2) is 5.34. The molecule has 2 aliphatic carbocycles. The van der Waals surface area contributed by atoms with Gasteiger partial charge in [0.15, 0.2) is 0 Å². The molecule has 0 aromatic rings. The summed E-state index contributed by atoms with van der Waals surface area (Å²) >= 11 is 0. The normalized spacial score (nSPS) is 44.8. The highest BCUT2D eigenvalue weighted by Crippen LogP contribution is 2.53. The predicted octanol–water partition coefficient (Wildman–Crippen LogP) is 2.62. The largest absolute Gasteiger partial charge is 0.393 e. The molecular weight excluding hydrogens is 266 g/mol. The van der Waals surface area contributed by atoms with Crippen LogP contribution in [0.25, 0.3) is 0 Å². The summed E-state index contributed by atoms with van der Waals surface area (Å²) in [6, 6.07) is 0. The molecule has 3 rings (SSSR count). The van der Waals surface area contributed by atoms with Crippen LogP contribution in [0.1, 0.15) is 65.2 Å². The highest BCUT2D eigenvalue weighted by atomic mass is 16.5. The van der Waals surface area contributed by atoms with Gasteiger partial charge in [-0.15, -0.1) is 0 Å². The Morgan fingerprint density at radius 2 is 1.48 bits per heavy atom. The van der Waals surface area contributed by atoms with E-state index in [0.29, 0.717) is 5.92 Å². The van der Waals surface area contributed by atoms with Crippen molar-refractivity contribution in [1.82, 2.24) is 5.06 Å². The molecule has 1 heterocycles. The number of rotatable bonds is 1. The van der Waals surface area contributed by atoms with E-state index in [1.54, 1.807) is 5.06 Å². The molecule has 0 aromatic heterocycles. The van der Waals surface area contributed by atoms with E-state index in [1.807, 2.05) is 0 Å². The van der Waals surface area contributed by atoms with Gasteiger partial charge in [0.2, 0.25) is 0 Å². The fourth-order valence-corrected chi connectivity index (χ4v) is 4.78. The van der Waals surface area contributed by atoms with Gasteiger partial charge in [-0.2, -0.15) is 5.06 Å². The van der Waals surface area contributed by atoms with E-state index in [9.17, 15) is 15.4 Å². The van der Waals surface area contributed by atoms with Crippen LogP contribution in [0, 0.1) is 5.92 Å². The number of hydroxylamine groups is 2. The summed E-state index contributed by atoms with van der Waals surface area (Å²) < 4.78 is 0. The van der Waals surface area contributed by atoms with Crippen molar-refractivity contribution in [2.45, 2.75) is 88.5 Å². The lowest BCUT2D eigenvalue weighted by atomic mass is 9.73. The van der Waals surface area contributed by atoms with E-state index >= 15 is 0 Å². The maximum absolute atomic E-state index is 11.1. The van der Waals surface area contributed by atoms with E-state index in [-0.39, 0.29) is 23.3 Å². The lowest BCUT2D eigenvalue weighted by Crippen LogP contribution is -2.57. The zero-order valence-corrected chi connectivity index (χ0v) is 13.3. The van der Waals surface area contributed by atoms with Gasteiger partial charge in [-0.3, -0.25) is 0 Å². The van der Waals surface area contributed by atoms with Crippen LogP contribution in [0.15, 0.2) is 11.6 Å². The SMILES string of the molecule is CC(C)C1=CC2(CCC(O)CC2)N(O)C12CCC(O)CC2. The quantitative estimate of drug-likeness (QED) is 0.651. The first kappa shape index (κ1) is 15.5. The van der Waals surface area contributed by atoms with Gasteiger partial charge in [-0.1, -0.05) is 19.9 Å². The second-order valence-corrected chi connectivity index (χ2v) is 7.66. The zero-order valence-electron chi connectivity index (χ0n) is 13.3. The molecule has 0 bridgehead atoms. The first-order valence-corrected chi connectivity index (χ1v) is 8.48. The van der Waals surface area contributed by atoms with E-state index in [0.717, 1.165) is 51.4 Å². The molecule has 3 aliphatic rings. The minimum absolute atomic E-state index is 0.218. The van der Waals surface area contributed by atoms with Crippen LogP contribution in [-0.2, 0) is 0 Å². The number of hydrogen-bond acceptors (Lipinski definition) is 4. The number of aliphatic hydroxyl groups excluding tert-OH is 2. The Morgan fingerprint density at radius 1 is 1.00 bits per heavy atom. The molecule has 3 N–H and O–H groups in total. The molecule has 2 saturated carbocycles. The summed E-state index contributed by atoms with van der Waals surface area (Å²) in [6.07, 6.45) is 8.23. The van der Waals surface area contributed by atoms with Crippen molar-refractivity contribution in [3.8, 4) is 0 Å². The summed E-state index contributed by atoms with van der Waals surface area (Å²) in [5, 5.41) is 32.4. The maximum atomic E-state index is 11.1. The van der Waals surface area contributed by atoms with Gasteiger partial charge in [0.05, 0.1) is 23.3 Å². The van der Waals surface area contributed by atoms with Crippen molar-refractivity contribution >= 4 is 0 Å². The summed E-state index contributed by atoms with van der Waals surface area (Å²) in [5.41, 5.74) is 0.768. The van der Waals surface area contributed by atoms with Crippen LogP contribution in [-0.4, -0.2) is 43.8 Å². The molecule has 0 unspecified atom stereocenters. The molecule has 21 heavy (non-hydrogen) atoms. The minimum Gasteiger partial charge on any atom is -0.393 e. The maximum Gasteiger partial charge on any atom is 0.0683 e. The van der Waals surface area contributed by atoms with Gasteiger partial charge in [0.25, 0.3) is 0 Å². The molecule has 2 spiro atoms. The average molecular weight is 295 g/mol. The van der Waals surface area contributed by atoms with E-state index in [4.69, 9.17) is 0 Å². The third-order valence-corrected chi connectivity index (χ3v) is 6.01. The lowest BCUT2D eigenvalue weighted by Gasteiger charge is -2.49. The van der Waals surface area contributed by atoms with Crippen LogP contribution in [0.2, 0.25) is 0 Å². The Kier molecular flexibility index (Phi) is 3.93.